The lowest BCUT2D eigenvalue weighted by atomic mass is 10.1. The Bertz CT molecular complexity index is 353. The molecule has 1 fully saturated rings. The highest BCUT2D eigenvalue weighted by atomic mass is 16.7. The number of hydrogen-bond donors (Lipinski definition) is 1. The summed E-state index contributed by atoms with van der Waals surface area (Å²) >= 11 is 0. The van der Waals surface area contributed by atoms with Crippen LogP contribution in [0.15, 0.2) is 12.2 Å². The Morgan fingerprint density at radius 2 is 1.72 bits per heavy atom. The van der Waals surface area contributed by atoms with E-state index in [2.05, 4.69) is 19.1 Å². The average Bonchev–Trinajstić information content (AvgIpc) is 2.75. The van der Waals surface area contributed by atoms with E-state index < -0.39 is 0 Å². The van der Waals surface area contributed by atoms with Gasteiger partial charge in [0.25, 0.3) is 0 Å². The average molecular weight is 413 g/mol. The molecule has 29 heavy (non-hydrogen) atoms. The van der Waals surface area contributed by atoms with Gasteiger partial charge in [-0.25, -0.2) is 0 Å². The fourth-order valence-electron chi connectivity index (χ4n) is 3.78. The minimum atomic E-state index is 0.0300. The Morgan fingerprint density at radius 3 is 2.48 bits per heavy atom. The van der Waals surface area contributed by atoms with Crippen molar-refractivity contribution < 1.29 is 19.3 Å². The van der Waals surface area contributed by atoms with Gasteiger partial charge < -0.3 is 19.3 Å². The maximum absolute atomic E-state index is 8.65. The fraction of sp³-hybridized carbons (Fsp3) is 0.920. The van der Waals surface area contributed by atoms with Gasteiger partial charge in [-0.05, 0) is 51.4 Å². The molecule has 0 aromatic heterocycles. The van der Waals surface area contributed by atoms with E-state index in [1.807, 2.05) is 0 Å². The van der Waals surface area contributed by atoms with Crippen LogP contribution in [0.3, 0.4) is 0 Å². The molecule has 1 rings (SSSR count). The van der Waals surface area contributed by atoms with Crippen molar-refractivity contribution in [1.29, 1.82) is 0 Å². The number of hydrogen-bond acceptors (Lipinski definition) is 4. The largest absolute Gasteiger partial charge is 0.394 e. The van der Waals surface area contributed by atoms with E-state index in [4.69, 9.17) is 19.3 Å². The first-order valence-electron chi connectivity index (χ1n) is 12.5. The molecule has 4 nitrogen and oxygen atoms in total. The van der Waals surface area contributed by atoms with Crippen LogP contribution in [-0.4, -0.2) is 43.9 Å². The van der Waals surface area contributed by atoms with Gasteiger partial charge in [-0.1, -0.05) is 70.4 Å². The molecule has 1 aliphatic heterocycles. The number of aliphatic hydroxyl groups excluding tert-OH is 1. The molecule has 1 aliphatic rings. The molecule has 172 valence electrons. The van der Waals surface area contributed by atoms with Crippen molar-refractivity contribution in [3.63, 3.8) is 0 Å². The van der Waals surface area contributed by atoms with Gasteiger partial charge in [0.2, 0.25) is 0 Å². The normalized spacial score (nSPS) is 18.5. The van der Waals surface area contributed by atoms with E-state index in [9.17, 15) is 0 Å². The SMILES string of the molecule is CCCCCC[C@H](CC=CCCCCCCCCOCCO)OC1CCCCO1. The van der Waals surface area contributed by atoms with Crippen molar-refractivity contribution in [2.45, 2.75) is 122 Å². The Balaban J connectivity index is 2.06. The van der Waals surface area contributed by atoms with Crippen LogP contribution >= 0.6 is 0 Å². The summed E-state index contributed by atoms with van der Waals surface area (Å²) in [4.78, 5) is 0. The molecule has 0 amide bonds. The topological polar surface area (TPSA) is 47.9 Å². The smallest absolute Gasteiger partial charge is 0.157 e. The Hall–Kier alpha value is -0.420. The van der Waals surface area contributed by atoms with E-state index in [0.717, 1.165) is 38.9 Å². The number of allylic oxidation sites excluding steroid dienone is 1. The number of rotatable bonds is 20. The minimum Gasteiger partial charge on any atom is -0.394 e. The first kappa shape index (κ1) is 26.6. The van der Waals surface area contributed by atoms with Crippen molar-refractivity contribution in [1.82, 2.24) is 0 Å². The molecule has 0 radical (unpaired) electrons. The summed E-state index contributed by atoms with van der Waals surface area (Å²) in [5, 5.41) is 8.65. The maximum atomic E-state index is 8.65. The summed E-state index contributed by atoms with van der Waals surface area (Å²) in [7, 11) is 0. The zero-order valence-electron chi connectivity index (χ0n) is 19.1. The highest BCUT2D eigenvalue weighted by molar-refractivity contribution is 4.85. The van der Waals surface area contributed by atoms with Crippen LogP contribution in [0.5, 0.6) is 0 Å². The summed E-state index contributed by atoms with van der Waals surface area (Å²) in [6.45, 7) is 4.52. The van der Waals surface area contributed by atoms with Crippen molar-refractivity contribution in [2.75, 3.05) is 26.4 Å². The quantitative estimate of drug-likeness (QED) is 0.182. The van der Waals surface area contributed by atoms with E-state index in [1.165, 1.54) is 77.0 Å². The molecule has 0 aromatic carbocycles. The monoisotopic (exact) mass is 412 g/mol. The van der Waals surface area contributed by atoms with E-state index in [0.29, 0.717) is 12.7 Å². The molecule has 1 N–H and O–H groups in total. The zero-order valence-corrected chi connectivity index (χ0v) is 19.1. The number of unbranched alkanes of at least 4 members (excludes halogenated alkanes) is 9. The molecule has 1 unspecified atom stereocenters. The van der Waals surface area contributed by atoms with Gasteiger partial charge in [0.15, 0.2) is 6.29 Å². The van der Waals surface area contributed by atoms with Crippen molar-refractivity contribution in [2.24, 2.45) is 0 Å². The van der Waals surface area contributed by atoms with Crippen molar-refractivity contribution in [3.8, 4) is 0 Å². The summed E-state index contributed by atoms with van der Waals surface area (Å²) in [5.74, 6) is 0. The summed E-state index contributed by atoms with van der Waals surface area (Å²) in [5.41, 5.74) is 0. The van der Waals surface area contributed by atoms with Gasteiger partial charge in [0.05, 0.1) is 19.3 Å². The fourth-order valence-corrected chi connectivity index (χ4v) is 3.78. The van der Waals surface area contributed by atoms with Crippen molar-refractivity contribution in [3.05, 3.63) is 12.2 Å². The molecular weight excluding hydrogens is 364 g/mol. The lowest BCUT2D eigenvalue weighted by Gasteiger charge is -2.27. The lowest BCUT2D eigenvalue weighted by Crippen LogP contribution is -2.27. The number of aliphatic hydroxyl groups is 1. The van der Waals surface area contributed by atoms with Gasteiger partial charge in [-0.3, -0.25) is 0 Å². The van der Waals surface area contributed by atoms with Crippen LogP contribution < -0.4 is 0 Å². The predicted molar refractivity (Wildman–Crippen MR) is 121 cm³/mol. The first-order chi connectivity index (χ1) is 14.4. The summed E-state index contributed by atoms with van der Waals surface area (Å²) in [6.07, 6.45) is 24.6. The lowest BCUT2D eigenvalue weighted by molar-refractivity contribution is -0.188. The van der Waals surface area contributed by atoms with Crippen LogP contribution in [0, 0.1) is 0 Å². The number of ether oxygens (including phenoxy) is 3. The maximum Gasteiger partial charge on any atom is 0.157 e. The molecule has 0 bridgehead atoms. The minimum absolute atomic E-state index is 0.0300. The van der Waals surface area contributed by atoms with Crippen molar-refractivity contribution >= 4 is 0 Å². The van der Waals surface area contributed by atoms with Gasteiger partial charge in [0, 0.05) is 13.2 Å². The molecule has 0 aliphatic carbocycles. The Labute approximate surface area is 180 Å². The second-order valence-corrected chi connectivity index (χ2v) is 8.36. The van der Waals surface area contributed by atoms with Gasteiger partial charge in [0.1, 0.15) is 0 Å². The highest BCUT2D eigenvalue weighted by Gasteiger charge is 2.18. The standard InChI is InChI=1S/C25H48O4/c1-2-3-4-12-17-24(29-25-19-14-16-22-28-25)18-13-10-8-6-5-7-9-11-15-21-27-23-20-26/h10,13,24-26H,2-9,11-12,14-23H2,1H3/t24-,25?/m1/s1. The third kappa shape index (κ3) is 17.0. The van der Waals surface area contributed by atoms with Gasteiger partial charge in [-0.15, -0.1) is 0 Å². The summed E-state index contributed by atoms with van der Waals surface area (Å²) < 4.78 is 17.4. The molecule has 1 heterocycles. The highest BCUT2D eigenvalue weighted by Crippen LogP contribution is 2.20. The Morgan fingerprint density at radius 1 is 0.931 bits per heavy atom. The second kappa shape index (κ2) is 20.8. The second-order valence-electron chi connectivity index (χ2n) is 8.36. The predicted octanol–water partition coefficient (Wildman–Crippen LogP) is 6.55. The van der Waals surface area contributed by atoms with E-state index in [-0.39, 0.29) is 12.9 Å². The first-order valence-corrected chi connectivity index (χ1v) is 12.5. The zero-order chi connectivity index (χ0) is 20.8. The van der Waals surface area contributed by atoms with E-state index in [1.54, 1.807) is 0 Å². The van der Waals surface area contributed by atoms with E-state index >= 15 is 0 Å². The van der Waals surface area contributed by atoms with Crippen LogP contribution in [0.1, 0.15) is 110 Å². The van der Waals surface area contributed by atoms with Crippen LogP contribution in [0.25, 0.3) is 0 Å². The van der Waals surface area contributed by atoms with Crippen LogP contribution in [0.4, 0.5) is 0 Å². The third-order valence-electron chi connectivity index (χ3n) is 5.57. The molecular formula is C25H48O4. The molecule has 4 heteroatoms. The molecule has 0 spiro atoms. The molecule has 2 atom stereocenters. The third-order valence-corrected chi connectivity index (χ3v) is 5.57. The van der Waals surface area contributed by atoms with Crippen LogP contribution in [-0.2, 0) is 14.2 Å². The molecule has 0 saturated carbocycles. The summed E-state index contributed by atoms with van der Waals surface area (Å²) in [6, 6.07) is 0. The van der Waals surface area contributed by atoms with Gasteiger partial charge >= 0.3 is 0 Å². The molecule has 0 aromatic rings. The van der Waals surface area contributed by atoms with Gasteiger partial charge in [-0.2, -0.15) is 0 Å². The molecule has 1 saturated heterocycles. The van der Waals surface area contributed by atoms with Crippen LogP contribution in [0.2, 0.25) is 0 Å². The Kier molecular flexibility index (Phi) is 19.1.